The summed E-state index contributed by atoms with van der Waals surface area (Å²) in [4.78, 5) is 14.9. The van der Waals surface area contributed by atoms with Gasteiger partial charge in [0.05, 0.1) is 23.8 Å². The summed E-state index contributed by atoms with van der Waals surface area (Å²) in [5.74, 6) is 0.387. The Morgan fingerprint density at radius 3 is 2.52 bits per heavy atom. The first-order valence-corrected chi connectivity index (χ1v) is 10.4. The van der Waals surface area contributed by atoms with E-state index < -0.39 is 10.0 Å². The van der Waals surface area contributed by atoms with E-state index in [0.29, 0.717) is 39.4 Å². The lowest BCUT2D eigenvalue weighted by Gasteiger charge is -2.33. The molecule has 2 saturated heterocycles. The Labute approximate surface area is 141 Å². The fraction of sp³-hybridized carbons (Fsp3) is 0.667. The number of hydrogen-bond donors (Lipinski definition) is 0. The fourth-order valence-electron chi connectivity index (χ4n) is 3.09. The molecule has 0 spiro atoms. The maximum Gasteiger partial charge on any atom is 0.263 e. The fourth-order valence-corrected chi connectivity index (χ4v) is 5.62. The Balaban J connectivity index is 1.52. The van der Waals surface area contributed by atoms with Gasteiger partial charge >= 0.3 is 0 Å². The summed E-state index contributed by atoms with van der Waals surface area (Å²) in [6.45, 7) is 3.15. The van der Waals surface area contributed by atoms with Crippen molar-refractivity contribution in [3.63, 3.8) is 0 Å². The molecule has 1 aromatic heterocycles. The van der Waals surface area contributed by atoms with Gasteiger partial charge in [-0.2, -0.15) is 4.31 Å². The zero-order valence-corrected chi connectivity index (χ0v) is 14.7. The quantitative estimate of drug-likeness (QED) is 0.813. The van der Waals surface area contributed by atoms with E-state index in [1.165, 1.54) is 11.3 Å². The van der Waals surface area contributed by atoms with Crippen molar-refractivity contribution in [2.24, 2.45) is 5.92 Å². The molecule has 0 aromatic carbocycles. The van der Waals surface area contributed by atoms with E-state index in [2.05, 4.69) is 0 Å². The molecule has 128 valence electrons. The van der Waals surface area contributed by atoms with Crippen LogP contribution in [0.4, 0.5) is 0 Å². The van der Waals surface area contributed by atoms with Crippen LogP contribution in [0.2, 0.25) is 0 Å². The largest absolute Gasteiger partial charge is 0.379 e. The SMILES string of the molecule is O=C(c1cccs1)N1CCC(CS(=O)(=O)N2CCOCC2)CC1. The molecule has 1 aromatic rings. The van der Waals surface area contributed by atoms with Crippen LogP contribution in [0.25, 0.3) is 0 Å². The summed E-state index contributed by atoms with van der Waals surface area (Å²) in [6, 6.07) is 3.71. The number of amides is 1. The molecule has 0 N–H and O–H groups in total. The van der Waals surface area contributed by atoms with Crippen LogP contribution in [-0.2, 0) is 14.8 Å². The number of thiophene rings is 1. The summed E-state index contributed by atoms with van der Waals surface area (Å²) >= 11 is 1.45. The third kappa shape index (κ3) is 4.12. The highest BCUT2D eigenvalue weighted by Gasteiger charge is 2.31. The van der Waals surface area contributed by atoms with Gasteiger partial charge in [-0.25, -0.2) is 8.42 Å². The lowest BCUT2D eigenvalue weighted by molar-refractivity contribution is 0.0691. The van der Waals surface area contributed by atoms with Crippen molar-refractivity contribution in [3.8, 4) is 0 Å². The van der Waals surface area contributed by atoms with Gasteiger partial charge in [0.1, 0.15) is 0 Å². The van der Waals surface area contributed by atoms with Gasteiger partial charge in [0.25, 0.3) is 5.91 Å². The van der Waals surface area contributed by atoms with Crippen molar-refractivity contribution in [1.82, 2.24) is 9.21 Å². The molecule has 0 aliphatic carbocycles. The average molecular weight is 358 g/mol. The van der Waals surface area contributed by atoms with E-state index in [-0.39, 0.29) is 17.6 Å². The van der Waals surface area contributed by atoms with Gasteiger partial charge < -0.3 is 9.64 Å². The number of nitrogens with zero attached hydrogens (tertiary/aromatic N) is 2. The normalized spacial score (nSPS) is 21.5. The van der Waals surface area contributed by atoms with E-state index in [1.54, 1.807) is 4.31 Å². The van der Waals surface area contributed by atoms with Gasteiger partial charge in [0.15, 0.2) is 0 Å². The number of carbonyl (C=O) groups is 1. The van der Waals surface area contributed by atoms with Crippen LogP contribution in [0, 0.1) is 5.92 Å². The van der Waals surface area contributed by atoms with Crippen LogP contribution in [0.1, 0.15) is 22.5 Å². The summed E-state index contributed by atoms with van der Waals surface area (Å²) in [5.41, 5.74) is 0. The second-order valence-corrected chi connectivity index (χ2v) is 8.96. The van der Waals surface area contributed by atoms with Crippen molar-refractivity contribution in [2.45, 2.75) is 12.8 Å². The Morgan fingerprint density at radius 2 is 1.91 bits per heavy atom. The van der Waals surface area contributed by atoms with Crippen LogP contribution < -0.4 is 0 Å². The highest BCUT2D eigenvalue weighted by molar-refractivity contribution is 7.89. The molecular weight excluding hydrogens is 336 g/mol. The molecule has 0 radical (unpaired) electrons. The van der Waals surface area contributed by atoms with Gasteiger partial charge in [-0.15, -0.1) is 11.3 Å². The number of carbonyl (C=O) groups excluding carboxylic acids is 1. The Kier molecular flexibility index (Phi) is 5.35. The molecule has 0 bridgehead atoms. The molecule has 2 aliphatic heterocycles. The molecule has 0 saturated carbocycles. The number of hydrogen-bond acceptors (Lipinski definition) is 5. The topological polar surface area (TPSA) is 66.9 Å². The molecule has 2 aliphatic rings. The van der Waals surface area contributed by atoms with Gasteiger partial charge in [0, 0.05) is 26.2 Å². The van der Waals surface area contributed by atoms with Crippen molar-refractivity contribution in [3.05, 3.63) is 22.4 Å². The maximum atomic E-state index is 12.4. The van der Waals surface area contributed by atoms with Gasteiger partial charge in [0.2, 0.25) is 10.0 Å². The van der Waals surface area contributed by atoms with E-state index >= 15 is 0 Å². The molecular formula is C15H22N2O4S2. The zero-order chi connectivity index (χ0) is 16.3. The summed E-state index contributed by atoms with van der Waals surface area (Å²) in [7, 11) is -3.21. The number of sulfonamides is 1. The first-order valence-electron chi connectivity index (χ1n) is 7.94. The molecule has 6 nitrogen and oxygen atoms in total. The van der Waals surface area contributed by atoms with Crippen LogP contribution in [-0.4, -0.2) is 68.7 Å². The minimum atomic E-state index is -3.21. The Morgan fingerprint density at radius 1 is 1.22 bits per heavy atom. The third-order valence-electron chi connectivity index (χ3n) is 4.44. The molecule has 3 heterocycles. The van der Waals surface area contributed by atoms with E-state index in [4.69, 9.17) is 4.74 Å². The standard InChI is InChI=1S/C15H22N2O4S2/c18-15(14-2-1-11-22-14)16-5-3-13(4-6-16)12-23(19,20)17-7-9-21-10-8-17/h1-2,11,13H,3-10,12H2. The summed E-state index contributed by atoms with van der Waals surface area (Å²) in [5, 5.41) is 1.90. The Hall–Kier alpha value is -0.960. The van der Waals surface area contributed by atoms with E-state index in [9.17, 15) is 13.2 Å². The number of rotatable bonds is 4. The zero-order valence-electron chi connectivity index (χ0n) is 13.0. The predicted molar refractivity (Wildman–Crippen MR) is 89.1 cm³/mol. The van der Waals surface area contributed by atoms with Gasteiger partial charge in [-0.3, -0.25) is 4.79 Å². The number of likely N-dealkylation sites (tertiary alicyclic amines) is 1. The molecule has 0 unspecified atom stereocenters. The second-order valence-electron chi connectivity index (χ2n) is 6.00. The molecule has 23 heavy (non-hydrogen) atoms. The predicted octanol–water partition coefficient (Wildman–Crippen LogP) is 1.26. The number of piperidine rings is 1. The second kappa shape index (κ2) is 7.29. The van der Waals surface area contributed by atoms with Crippen LogP contribution in [0.3, 0.4) is 0 Å². The first-order chi connectivity index (χ1) is 11.1. The van der Waals surface area contributed by atoms with Crippen molar-refractivity contribution in [2.75, 3.05) is 45.1 Å². The van der Waals surface area contributed by atoms with E-state index in [1.807, 2.05) is 22.4 Å². The van der Waals surface area contributed by atoms with Crippen LogP contribution in [0.15, 0.2) is 17.5 Å². The smallest absolute Gasteiger partial charge is 0.263 e. The number of morpholine rings is 1. The lowest BCUT2D eigenvalue weighted by atomic mass is 9.99. The molecule has 0 atom stereocenters. The van der Waals surface area contributed by atoms with Gasteiger partial charge in [-0.05, 0) is 30.2 Å². The molecule has 3 rings (SSSR count). The summed E-state index contributed by atoms with van der Waals surface area (Å²) < 4.78 is 31.6. The van der Waals surface area contributed by atoms with E-state index in [0.717, 1.165) is 17.7 Å². The third-order valence-corrected chi connectivity index (χ3v) is 7.35. The van der Waals surface area contributed by atoms with Gasteiger partial charge in [-0.1, -0.05) is 6.07 Å². The number of ether oxygens (including phenoxy) is 1. The van der Waals surface area contributed by atoms with Crippen molar-refractivity contribution < 1.29 is 17.9 Å². The van der Waals surface area contributed by atoms with Crippen molar-refractivity contribution >= 4 is 27.3 Å². The molecule has 1 amide bonds. The summed E-state index contributed by atoms with van der Waals surface area (Å²) in [6.07, 6.45) is 1.50. The molecule has 8 heteroatoms. The minimum Gasteiger partial charge on any atom is -0.379 e. The lowest BCUT2D eigenvalue weighted by Crippen LogP contribution is -2.45. The van der Waals surface area contributed by atoms with Crippen molar-refractivity contribution in [1.29, 1.82) is 0 Å². The van der Waals surface area contributed by atoms with Crippen LogP contribution in [0.5, 0.6) is 0 Å². The highest BCUT2D eigenvalue weighted by Crippen LogP contribution is 2.23. The van der Waals surface area contributed by atoms with Crippen LogP contribution >= 0.6 is 11.3 Å². The highest BCUT2D eigenvalue weighted by atomic mass is 32.2. The molecule has 2 fully saturated rings. The minimum absolute atomic E-state index is 0.0643. The average Bonchev–Trinajstić information content (AvgIpc) is 3.10. The monoisotopic (exact) mass is 358 g/mol. The Bertz CT molecular complexity index is 616. The first kappa shape index (κ1) is 16.9. The maximum absolute atomic E-state index is 12.4.